The fourth-order valence-electron chi connectivity index (χ4n) is 0. The first-order valence-corrected chi connectivity index (χ1v) is 3.45. The van der Waals surface area contributed by atoms with Gasteiger partial charge < -0.3 is 14.2 Å². The summed E-state index contributed by atoms with van der Waals surface area (Å²) in [5.41, 5.74) is 0. The minimum Gasteiger partial charge on any atom is -0.780 e. The van der Waals surface area contributed by atoms with Crippen LogP contribution in [0, 0.1) is 0 Å². The minimum atomic E-state index is -4.33. The van der Waals surface area contributed by atoms with Gasteiger partial charge in [-0.25, -0.2) is 0 Å². The maximum atomic E-state index is 8.89. The summed E-state index contributed by atoms with van der Waals surface area (Å²) in [4.78, 5) is 0. The predicted molar refractivity (Wildman–Crippen MR) is 25.2 cm³/mol. The fraction of sp³-hybridized carbons (Fsp3) is 1.00. The van der Waals surface area contributed by atoms with Crippen LogP contribution in [0.1, 0.15) is 0 Å². The molecule has 8 heteroatoms. The molecule has 0 aromatic rings. The first kappa shape index (κ1) is 22.5. The van der Waals surface area contributed by atoms with Crippen LogP contribution in [0.25, 0.3) is 0 Å². The topological polar surface area (TPSA) is 83.4 Å². The summed E-state index contributed by atoms with van der Waals surface area (Å²) in [5.74, 6) is 0. The Bertz CT molecular complexity index is 99.7. The summed E-state index contributed by atoms with van der Waals surface area (Å²) in [6.45, 7) is 0. The average molecular weight is 190 g/mol. The van der Waals surface area contributed by atoms with E-state index >= 15 is 0 Å². The van der Waals surface area contributed by atoms with E-state index in [0.29, 0.717) is 0 Å². The normalized spacial score (nSPS) is 7.11. The molecule has 0 bridgehead atoms. The van der Waals surface area contributed by atoms with E-state index in [4.69, 9.17) is 18.4 Å². The Morgan fingerprint density at radius 1 is 1.33 bits per heavy atom. The van der Waals surface area contributed by atoms with Crippen LogP contribution >= 0.6 is 0 Å². The van der Waals surface area contributed by atoms with Crippen LogP contribution in [-0.4, -0.2) is 25.5 Å². The molecule has 0 radical (unpaired) electrons. The monoisotopic (exact) mass is 190 g/mol. The number of aliphatic hydroxyl groups is 1. The summed E-state index contributed by atoms with van der Waals surface area (Å²) in [6.07, 6.45) is 0. The van der Waals surface area contributed by atoms with Gasteiger partial charge in [0.05, 0.1) is 0 Å². The molecule has 0 aliphatic rings. The Balaban J connectivity index is -0.0000000286. The van der Waals surface area contributed by atoms with Crippen LogP contribution in [-0.2, 0) is 20.2 Å². The minimum absolute atomic E-state index is 0. The van der Waals surface area contributed by atoms with Crippen LogP contribution in [0.3, 0.4) is 0 Å². The van der Waals surface area contributed by atoms with Gasteiger partial charge >= 0.3 is 59.1 Å². The van der Waals surface area contributed by atoms with E-state index in [0.717, 1.165) is 7.11 Å². The Hall–Kier alpha value is 2.25. The van der Waals surface area contributed by atoms with Gasteiger partial charge in [0.2, 0.25) is 0 Å². The second-order valence-corrected chi connectivity index (χ2v) is 2.45. The van der Waals surface area contributed by atoms with Gasteiger partial charge in [-0.15, -0.1) is 9.05 Å². The van der Waals surface area contributed by atoms with Crippen molar-refractivity contribution in [3.05, 3.63) is 0 Å². The molecule has 0 aliphatic heterocycles. The van der Waals surface area contributed by atoms with Crippen molar-refractivity contribution in [2.75, 3.05) is 7.11 Å². The van der Waals surface area contributed by atoms with E-state index in [-0.39, 0.29) is 59.1 Å². The third-order valence-electron chi connectivity index (χ3n) is 0. The molecule has 0 spiro atoms. The van der Waals surface area contributed by atoms with Crippen molar-refractivity contribution in [1.29, 1.82) is 0 Å². The van der Waals surface area contributed by atoms with Crippen LogP contribution < -0.4 is 59.1 Å². The van der Waals surface area contributed by atoms with Gasteiger partial charge in [-0.2, -0.15) is 0 Å². The second kappa shape index (κ2) is 12.9. The molecular weight excluding hydrogens is 186 g/mol. The Morgan fingerprint density at radius 3 is 1.33 bits per heavy atom. The summed E-state index contributed by atoms with van der Waals surface area (Å²) in [5, 5.41) is 7.00. The van der Waals surface area contributed by atoms with E-state index < -0.39 is 9.05 Å². The summed E-state index contributed by atoms with van der Waals surface area (Å²) >= 11 is 3.24. The third-order valence-corrected chi connectivity index (χ3v) is 0. The SMILES string of the molecule is CO.O=S([O-])([O-])=S.[Na+].[Na+]. The molecule has 0 aromatic carbocycles. The molecule has 0 fully saturated rings. The molecular formula is CH4Na2O4S2. The first-order valence-electron chi connectivity index (χ1n) is 1.11. The second-order valence-electron chi connectivity index (χ2n) is 0.408. The Kier molecular flexibility index (Phi) is 32.2. The van der Waals surface area contributed by atoms with E-state index in [2.05, 4.69) is 11.2 Å². The number of aliphatic hydroxyl groups excluding tert-OH is 1. The van der Waals surface area contributed by atoms with Crippen molar-refractivity contribution in [3.8, 4) is 0 Å². The van der Waals surface area contributed by atoms with E-state index in [1.54, 1.807) is 0 Å². The van der Waals surface area contributed by atoms with Crippen molar-refractivity contribution in [2.45, 2.75) is 0 Å². The van der Waals surface area contributed by atoms with Crippen molar-refractivity contribution in [3.63, 3.8) is 0 Å². The summed E-state index contributed by atoms with van der Waals surface area (Å²) < 4.78 is 26.7. The molecule has 0 rings (SSSR count). The molecule has 0 heterocycles. The first-order chi connectivity index (χ1) is 3.00. The van der Waals surface area contributed by atoms with Gasteiger partial charge in [0.25, 0.3) is 0 Å². The molecule has 0 aliphatic carbocycles. The van der Waals surface area contributed by atoms with Crippen molar-refractivity contribution >= 4 is 20.2 Å². The smallest absolute Gasteiger partial charge is 0.780 e. The van der Waals surface area contributed by atoms with Crippen molar-refractivity contribution in [2.24, 2.45) is 0 Å². The molecule has 0 atom stereocenters. The van der Waals surface area contributed by atoms with Crippen molar-refractivity contribution in [1.82, 2.24) is 0 Å². The predicted octanol–water partition coefficient (Wildman–Crippen LogP) is -7.39. The molecule has 0 saturated heterocycles. The molecule has 46 valence electrons. The van der Waals surface area contributed by atoms with Gasteiger partial charge in [-0.1, -0.05) is 0 Å². The van der Waals surface area contributed by atoms with Gasteiger partial charge in [0.15, 0.2) is 0 Å². The van der Waals surface area contributed by atoms with Gasteiger partial charge in [-0.3, -0.25) is 4.21 Å². The molecule has 1 N–H and O–H groups in total. The Labute approximate surface area is 103 Å². The van der Waals surface area contributed by atoms with Gasteiger partial charge in [0.1, 0.15) is 0 Å². The molecule has 0 saturated carbocycles. The zero-order valence-electron chi connectivity index (χ0n) is 5.49. The maximum Gasteiger partial charge on any atom is 1.00 e. The molecule has 9 heavy (non-hydrogen) atoms. The largest absolute Gasteiger partial charge is 1.00 e. The van der Waals surface area contributed by atoms with Crippen LogP contribution in [0.15, 0.2) is 0 Å². The van der Waals surface area contributed by atoms with Crippen molar-refractivity contribution < 1.29 is 77.5 Å². The van der Waals surface area contributed by atoms with Crippen LogP contribution in [0.5, 0.6) is 0 Å². The zero-order chi connectivity index (χ0) is 6.50. The molecule has 4 nitrogen and oxygen atoms in total. The van der Waals surface area contributed by atoms with E-state index in [1.807, 2.05) is 0 Å². The standard InChI is InChI=1S/CH4O.2Na.H2O3S2/c1-2;;;1-5(2,3)4/h2H,1H3;;;(H2,1,2,3,4)/q;2*+1;/p-2. The third kappa shape index (κ3) is 138. The van der Waals surface area contributed by atoms with E-state index in [9.17, 15) is 0 Å². The average Bonchev–Trinajstić information content (AvgIpc) is 1.36. The quantitative estimate of drug-likeness (QED) is 0.384. The van der Waals surface area contributed by atoms with Gasteiger partial charge in [0, 0.05) is 7.11 Å². The van der Waals surface area contributed by atoms with Crippen LogP contribution in [0.2, 0.25) is 0 Å². The molecule has 0 aromatic heterocycles. The van der Waals surface area contributed by atoms with Gasteiger partial charge in [-0.05, 0) is 11.2 Å². The summed E-state index contributed by atoms with van der Waals surface area (Å²) in [6, 6.07) is 0. The number of hydrogen-bond acceptors (Lipinski definition) is 5. The molecule has 0 amide bonds. The number of rotatable bonds is 0. The van der Waals surface area contributed by atoms with E-state index in [1.165, 1.54) is 0 Å². The zero-order valence-corrected chi connectivity index (χ0v) is 11.1. The summed E-state index contributed by atoms with van der Waals surface area (Å²) in [7, 11) is -3.33. The maximum absolute atomic E-state index is 8.89. The van der Waals surface area contributed by atoms with Crippen LogP contribution in [0.4, 0.5) is 0 Å². The molecule has 0 unspecified atom stereocenters. The Morgan fingerprint density at radius 2 is 1.33 bits per heavy atom. The fourth-order valence-corrected chi connectivity index (χ4v) is 0. The number of hydrogen-bond donors (Lipinski definition) is 1.